The van der Waals surface area contributed by atoms with Crippen molar-refractivity contribution in [3.05, 3.63) is 21.7 Å². The van der Waals surface area contributed by atoms with Gasteiger partial charge in [-0.1, -0.05) is 34.1 Å². The van der Waals surface area contributed by atoms with Crippen LogP contribution in [0.2, 0.25) is 0 Å². The summed E-state index contributed by atoms with van der Waals surface area (Å²) < 4.78 is 12.1. The molecule has 0 radical (unpaired) electrons. The number of hydrogen-bond acceptors (Lipinski definition) is 8. The van der Waals surface area contributed by atoms with Gasteiger partial charge in [0.1, 0.15) is 11.9 Å². The predicted molar refractivity (Wildman–Crippen MR) is 140 cm³/mol. The largest absolute Gasteiger partial charge is 0.457 e. The molecule has 1 aromatic heterocycles. The number of fused-ring (bicyclic) bond motifs is 1. The first kappa shape index (κ1) is 29.0. The van der Waals surface area contributed by atoms with Crippen LogP contribution in [0.4, 0.5) is 0 Å². The van der Waals surface area contributed by atoms with Crippen LogP contribution in [0.15, 0.2) is 11.8 Å². The first-order chi connectivity index (χ1) is 16.7. The summed E-state index contributed by atoms with van der Waals surface area (Å²) in [6, 6.07) is 0. The molecule has 36 heavy (non-hydrogen) atoms. The van der Waals surface area contributed by atoms with Crippen molar-refractivity contribution in [2.45, 2.75) is 111 Å². The van der Waals surface area contributed by atoms with E-state index in [0.717, 1.165) is 34.7 Å². The Morgan fingerprint density at radius 3 is 2.44 bits per heavy atom. The lowest BCUT2D eigenvalue weighted by atomic mass is 9.71. The Morgan fingerprint density at radius 2 is 1.83 bits per heavy atom. The first-order valence-corrected chi connectivity index (χ1v) is 13.9. The number of rotatable bonds is 2. The molecule has 2 aliphatic rings. The Morgan fingerprint density at radius 1 is 1.17 bits per heavy atom. The summed E-state index contributed by atoms with van der Waals surface area (Å²) in [4.78, 5) is 31.9. The Labute approximate surface area is 219 Å². The fraction of sp³-hybridized carbons (Fsp3) is 0.750. The lowest BCUT2D eigenvalue weighted by Crippen LogP contribution is -2.49. The average molecular weight is 522 g/mol. The summed E-state index contributed by atoms with van der Waals surface area (Å²) in [6.45, 7) is 14.5. The van der Waals surface area contributed by atoms with Crippen LogP contribution in [0.25, 0.3) is 6.08 Å². The van der Waals surface area contributed by atoms with Crippen molar-refractivity contribution >= 4 is 29.2 Å². The standard InChI is InChI=1S/C28H43NO6S/c1-15-10-9-11-28(8)22(35-28)13-21(16(2)12-20-14-29-19(5)36-20)34-26(33)18(4)25(32)27(6,7)24(31)17(3)23(15)30/h12,14-15,17-18,21-23,25,30,32H,9-11,13H2,1-8H3/b16-12+/t15-,17+,18?,21-,22-,23-,25-,28+/m0/s1. The van der Waals surface area contributed by atoms with E-state index in [0.29, 0.717) is 6.42 Å². The summed E-state index contributed by atoms with van der Waals surface area (Å²) in [7, 11) is 0. The van der Waals surface area contributed by atoms with Crippen molar-refractivity contribution in [2.75, 3.05) is 0 Å². The molecule has 8 heteroatoms. The van der Waals surface area contributed by atoms with Crippen molar-refractivity contribution in [2.24, 2.45) is 23.2 Å². The second-order valence-corrected chi connectivity index (χ2v) is 13.0. The van der Waals surface area contributed by atoms with Gasteiger partial charge in [0.15, 0.2) is 0 Å². The summed E-state index contributed by atoms with van der Waals surface area (Å²) in [5.74, 6) is -2.48. The van der Waals surface area contributed by atoms with Crippen LogP contribution in [-0.4, -0.2) is 57.0 Å². The maximum Gasteiger partial charge on any atom is 0.311 e. The molecular weight excluding hydrogens is 478 g/mol. The molecule has 3 rings (SSSR count). The number of aryl methyl sites for hydroxylation is 1. The molecule has 202 valence electrons. The zero-order chi connectivity index (χ0) is 27.0. The number of carbonyl (C=O) groups excluding carboxylic acids is 2. The summed E-state index contributed by atoms with van der Waals surface area (Å²) in [6.07, 6.45) is 4.11. The number of aliphatic hydroxyl groups is 2. The Hall–Kier alpha value is -1.61. The van der Waals surface area contributed by atoms with E-state index in [1.807, 2.05) is 26.8 Å². The van der Waals surface area contributed by atoms with Gasteiger partial charge < -0.3 is 19.7 Å². The van der Waals surface area contributed by atoms with Gasteiger partial charge in [-0.15, -0.1) is 11.3 Å². The number of Topliss-reactive ketones (excluding diaryl/α,β-unsaturated/α-hetero) is 1. The Kier molecular flexibility index (Phi) is 8.86. The van der Waals surface area contributed by atoms with Gasteiger partial charge in [-0.25, -0.2) is 4.98 Å². The van der Waals surface area contributed by atoms with Crippen molar-refractivity contribution < 1.29 is 29.3 Å². The maximum atomic E-state index is 13.4. The number of cyclic esters (lactones) is 1. The molecule has 0 bridgehead atoms. The van der Waals surface area contributed by atoms with E-state index in [4.69, 9.17) is 9.47 Å². The molecule has 0 spiro atoms. The van der Waals surface area contributed by atoms with Gasteiger partial charge in [0.25, 0.3) is 0 Å². The second-order valence-electron chi connectivity index (χ2n) is 11.7. The van der Waals surface area contributed by atoms with E-state index in [1.165, 1.54) is 0 Å². The van der Waals surface area contributed by atoms with Gasteiger partial charge in [0.2, 0.25) is 0 Å². The maximum absolute atomic E-state index is 13.4. The molecule has 3 heterocycles. The summed E-state index contributed by atoms with van der Waals surface area (Å²) in [5.41, 5.74) is -0.648. The minimum absolute atomic E-state index is 0.0489. The SMILES string of the molecule is C/C(=C\c1cnc(C)s1)[C@@H]1C[C@@H]2O[C@]2(C)CCC[C@H](C)[C@H](O)[C@@H](C)C(=O)C(C)(C)[C@@H](O)C(C)C(=O)O1. The summed E-state index contributed by atoms with van der Waals surface area (Å²) >= 11 is 1.57. The fourth-order valence-electron chi connectivity index (χ4n) is 5.42. The molecular formula is C28H43NO6S. The minimum atomic E-state index is -1.26. The quantitative estimate of drug-likeness (QED) is 0.428. The van der Waals surface area contributed by atoms with E-state index in [9.17, 15) is 19.8 Å². The highest BCUT2D eigenvalue weighted by atomic mass is 32.1. The topological polar surface area (TPSA) is 109 Å². The zero-order valence-electron chi connectivity index (χ0n) is 22.9. The average Bonchev–Trinajstić information content (AvgIpc) is 3.26. The molecule has 7 nitrogen and oxygen atoms in total. The number of esters is 1. The molecule has 2 saturated heterocycles. The van der Waals surface area contributed by atoms with Crippen molar-refractivity contribution in [3.8, 4) is 0 Å². The zero-order valence-corrected chi connectivity index (χ0v) is 23.7. The van der Waals surface area contributed by atoms with E-state index >= 15 is 0 Å². The van der Waals surface area contributed by atoms with Gasteiger partial charge >= 0.3 is 5.97 Å². The van der Waals surface area contributed by atoms with E-state index < -0.39 is 41.5 Å². The smallest absolute Gasteiger partial charge is 0.311 e. The Balaban J connectivity index is 1.91. The normalized spacial score (nSPS) is 38.8. The van der Waals surface area contributed by atoms with Gasteiger partial charge in [0, 0.05) is 23.4 Å². The van der Waals surface area contributed by atoms with Crippen LogP contribution >= 0.6 is 11.3 Å². The second kappa shape index (κ2) is 11.0. The van der Waals surface area contributed by atoms with Crippen LogP contribution in [0.1, 0.15) is 84.0 Å². The number of aromatic nitrogens is 1. The van der Waals surface area contributed by atoms with Gasteiger partial charge in [0.05, 0.1) is 40.3 Å². The third-order valence-electron chi connectivity index (χ3n) is 8.30. The van der Waals surface area contributed by atoms with E-state index in [2.05, 4.69) is 11.9 Å². The molecule has 2 N–H and O–H groups in total. The van der Waals surface area contributed by atoms with Gasteiger partial charge in [-0.2, -0.15) is 0 Å². The molecule has 0 aromatic carbocycles. The van der Waals surface area contributed by atoms with Crippen molar-refractivity contribution in [3.63, 3.8) is 0 Å². The monoisotopic (exact) mass is 521 g/mol. The molecule has 0 amide bonds. The number of hydrogen-bond donors (Lipinski definition) is 2. The predicted octanol–water partition coefficient (Wildman–Crippen LogP) is 4.72. The van der Waals surface area contributed by atoms with Crippen molar-refractivity contribution in [1.29, 1.82) is 0 Å². The van der Waals surface area contributed by atoms with E-state index in [-0.39, 0.29) is 23.4 Å². The van der Waals surface area contributed by atoms with Crippen molar-refractivity contribution in [1.82, 2.24) is 4.98 Å². The molecule has 8 atom stereocenters. The van der Waals surface area contributed by atoms with Crippen LogP contribution in [0.3, 0.4) is 0 Å². The lowest BCUT2D eigenvalue weighted by molar-refractivity contribution is -0.162. The van der Waals surface area contributed by atoms with Crippen LogP contribution in [0.5, 0.6) is 0 Å². The van der Waals surface area contributed by atoms with E-state index in [1.54, 1.807) is 45.2 Å². The van der Waals surface area contributed by atoms with Crippen LogP contribution in [0, 0.1) is 30.1 Å². The number of thiazole rings is 1. The molecule has 2 aliphatic heterocycles. The Bertz CT molecular complexity index is 986. The number of epoxide rings is 1. The molecule has 0 aliphatic carbocycles. The minimum Gasteiger partial charge on any atom is -0.457 e. The number of nitrogens with zero attached hydrogens (tertiary/aromatic N) is 1. The third-order valence-corrected chi connectivity index (χ3v) is 9.16. The number of ketones is 1. The van der Waals surface area contributed by atoms with Gasteiger partial charge in [-0.05, 0) is 58.1 Å². The molecule has 1 aromatic rings. The van der Waals surface area contributed by atoms with Crippen LogP contribution in [-0.2, 0) is 19.1 Å². The number of aliphatic hydroxyl groups excluding tert-OH is 2. The number of ether oxygens (including phenoxy) is 2. The highest BCUT2D eigenvalue weighted by Gasteiger charge is 2.53. The first-order valence-electron chi connectivity index (χ1n) is 13.1. The number of carbonyl (C=O) groups is 2. The molecule has 0 saturated carbocycles. The lowest BCUT2D eigenvalue weighted by Gasteiger charge is -2.36. The van der Waals surface area contributed by atoms with Crippen LogP contribution < -0.4 is 0 Å². The fourth-order valence-corrected chi connectivity index (χ4v) is 6.22. The highest BCUT2D eigenvalue weighted by molar-refractivity contribution is 7.12. The summed E-state index contributed by atoms with van der Waals surface area (Å²) in [5, 5.41) is 23.0. The molecule has 2 fully saturated rings. The van der Waals surface area contributed by atoms with Gasteiger partial charge in [-0.3, -0.25) is 9.59 Å². The third kappa shape index (κ3) is 6.26. The highest BCUT2D eigenvalue weighted by Crippen LogP contribution is 2.45. The molecule has 1 unspecified atom stereocenters.